The molecule has 2 saturated heterocycles. The van der Waals surface area contributed by atoms with Gasteiger partial charge >= 0.3 is 0 Å². The number of unbranched alkanes of at least 4 members (excludes halogenated alkanes) is 3. The van der Waals surface area contributed by atoms with E-state index in [-0.39, 0.29) is 78.6 Å². The highest BCUT2D eigenvalue weighted by molar-refractivity contribution is 6.12. The van der Waals surface area contributed by atoms with Crippen LogP contribution in [0.25, 0.3) is 0 Å². The van der Waals surface area contributed by atoms with Crippen molar-refractivity contribution in [2.75, 3.05) is 59.8 Å². The summed E-state index contributed by atoms with van der Waals surface area (Å²) in [6, 6.07) is 14.2. The summed E-state index contributed by atoms with van der Waals surface area (Å²) < 4.78 is 12.2. The number of ether oxygens (including phenoxy) is 2. The van der Waals surface area contributed by atoms with Crippen molar-refractivity contribution >= 4 is 52.9 Å². The highest BCUT2D eigenvalue weighted by Crippen LogP contribution is 2.41. The van der Waals surface area contributed by atoms with Crippen molar-refractivity contribution in [2.45, 2.75) is 167 Å². The molecule has 2 bridgehead atoms. The molecule has 6 rings (SSSR count). The predicted octanol–water partition coefficient (Wildman–Crippen LogP) is 4.59. The molecule has 0 radical (unpaired) electrons. The van der Waals surface area contributed by atoms with Gasteiger partial charge in [-0.2, -0.15) is 0 Å². The summed E-state index contributed by atoms with van der Waals surface area (Å²) in [6.07, 6.45) is 9.74. The van der Waals surface area contributed by atoms with Crippen LogP contribution in [0.4, 0.5) is 5.69 Å². The third kappa shape index (κ3) is 16.5. The molecule has 4 aliphatic rings. The molecule has 11 atom stereocenters. The van der Waals surface area contributed by atoms with Crippen LogP contribution in [-0.4, -0.2) is 170 Å². The van der Waals surface area contributed by atoms with E-state index in [0.29, 0.717) is 57.2 Å². The number of methoxy groups -OCH3 is 2. The Morgan fingerprint density at radius 1 is 0.810 bits per heavy atom. The maximum absolute atomic E-state index is 14.6. The lowest BCUT2D eigenvalue weighted by atomic mass is 9.89. The van der Waals surface area contributed by atoms with Crippen LogP contribution >= 0.6 is 0 Å². The van der Waals surface area contributed by atoms with Crippen molar-refractivity contribution in [1.82, 2.24) is 40.9 Å². The summed E-state index contributed by atoms with van der Waals surface area (Å²) in [4.78, 5) is 114. The van der Waals surface area contributed by atoms with Gasteiger partial charge in [0.1, 0.15) is 12.1 Å². The van der Waals surface area contributed by atoms with Crippen molar-refractivity contribution in [1.29, 1.82) is 0 Å². The molecule has 0 unspecified atom stereocenters. The van der Waals surface area contributed by atoms with Crippen LogP contribution in [-0.2, 0) is 60.8 Å². The molecule has 2 aromatic carbocycles. The third-order valence-corrected chi connectivity index (χ3v) is 16.9. The zero-order valence-electron chi connectivity index (χ0n) is 48.2. The van der Waals surface area contributed by atoms with Crippen LogP contribution < -0.4 is 26.6 Å². The molecular formula is C60H89N9O10. The zero-order chi connectivity index (χ0) is 57.3. The second-order valence-electron chi connectivity index (χ2n) is 22.6. The smallest absolute Gasteiger partial charge is 0.253 e. The van der Waals surface area contributed by atoms with Crippen LogP contribution in [0.1, 0.15) is 116 Å². The highest BCUT2D eigenvalue weighted by atomic mass is 16.5. The molecule has 19 nitrogen and oxygen atoms in total. The summed E-state index contributed by atoms with van der Waals surface area (Å²) >= 11 is 0. The van der Waals surface area contributed by atoms with E-state index in [2.05, 4.69) is 31.5 Å². The summed E-state index contributed by atoms with van der Waals surface area (Å²) in [5.74, 6) is -2.71. The fraction of sp³-hybridized carbons (Fsp3) is 0.633. The topological polar surface area (TPSA) is 228 Å². The Hall–Kier alpha value is -6.02. The lowest BCUT2D eigenvalue weighted by Crippen LogP contribution is -2.60. The van der Waals surface area contributed by atoms with Gasteiger partial charge in [0.05, 0.1) is 49.2 Å². The van der Waals surface area contributed by atoms with Crippen LogP contribution in [0.3, 0.4) is 0 Å². The monoisotopic (exact) mass is 1100 g/mol. The summed E-state index contributed by atoms with van der Waals surface area (Å²) in [5, 5.41) is 15.2. The number of amides is 8. The number of nitrogens with zero attached hydrogens (tertiary/aromatic N) is 4. The van der Waals surface area contributed by atoms with Gasteiger partial charge in [0, 0.05) is 77.7 Å². The van der Waals surface area contributed by atoms with Gasteiger partial charge < -0.3 is 45.9 Å². The molecule has 19 heteroatoms. The molecule has 3 aliphatic heterocycles. The van der Waals surface area contributed by atoms with Gasteiger partial charge in [-0.25, -0.2) is 0 Å². The van der Waals surface area contributed by atoms with Crippen LogP contribution in [0, 0.1) is 23.7 Å². The number of carbonyl (C=O) groups excluding carboxylic acids is 8. The normalized spacial score (nSPS) is 21.6. The highest BCUT2D eigenvalue weighted by Gasteiger charge is 2.49. The molecule has 79 heavy (non-hydrogen) atoms. The number of imide groups is 1. The van der Waals surface area contributed by atoms with Gasteiger partial charge in [-0.05, 0) is 93.0 Å². The predicted molar refractivity (Wildman–Crippen MR) is 302 cm³/mol. The Morgan fingerprint density at radius 3 is 2.14 bits per heavy atom. The number of nitrogens with one attached hydrogen (secondary N) is 5. The number of piperidine rings is 1. The quantitative estimate of drug-likeness (QED) is 0.0517. The van der Waals surface area contributed by atoms with E-state index < -0.39 is 54.1 Å². The van der Waals surface area contributed by atoms with Gasteiger partial charge in [0.15, 0.2) is 0 Å². The second-order valence-corrected chi connectivity index (χ2v) is 22.6. The Bertz CT molecular complexity index is 2400. The summed E-state index contributed by atoms with van der Waals surface area (Å²) in [6.45, 7) is 11.6. The molecule has 0 spiro atoms. The number of carbonyl (C=O) groups is 8. The average molecular weight is 1100 g/mol. The number of likely N-dealkylation sites (N-methyl/N-ethyl adjacent to an activating group) is 2. The third-order valence-electron chi connectivity index (χ3n) is 16.9. The maximum Gasteiger partial charge on any atom is 0.253 e. The molecule has 8 amide bonds. The van der Waals surface area contributed by atoms with Gasteiger partial charge in [0.25, 0.3) is 11.8 Å². The molecule has 434 valence electrons. The SMILES string of the molecule is CC[C@H](C)[C@@H]([C@@H](CC(=O)N1CCC[C@H]1[C@H](OC)[C@@H](C)C(=O)N[C@@H](Cc1ccccc1)C(=O)Nc1ccc(CNCC(=O)NCCCCCCN2C(=O)C=CC2=O)cc1)OC)N(C)C(=O)[C@@H](NC(=O)[C@@H]1[C@H]2CC[C@H](C2)N1C)C(C)C. The van der Waals surface area contributed by atoms with Crippen molar-refractivity contribution < 1.29 is 47.8 Å². The number of likely N-dealkylation sites (tertiary alicyclic amines) is 2. The van der Waals surface area contributed by atoms with E-state index in [1.54, 1.807) is 43.0 Å². The average Bonchev–Trinajstić information content (AvgIpc) is 4.26. The van der Waals surface area contributed by atoms with Crippen LogP contribution in [0.2, 0.25) is 0 Å². The van der Waals surface area contributed by atoms with Gasteiger partial charge in [-0.15, -0.1) is 0 Å². The molecular weight excluding hydrogens is 1010 g/mol. The minimum atomic E-state index is -0.956. The Kier molecular flexibility index (Phi) is 23.6. The first-order valence-corrected chi connectivity index (χ1v) is 28.8. The van der Waals surface area contributed by atoms with E-state index in [0.717, 1.165) is 56.1 Å². The van der Waals surface area contributed by atoms with Crippen molar-refractivity contribution in [2.24, 2.45) is 23.7 Å². The summed E-state index contributed by atoms with van der Waals surface area (Å²) in [7, 11) is 6.84. The van der Waals surface area contributed by atoms with Gasteiger partial charge in [0.2, 0.25) is 35.4 Å². The summed E-state index contributed by atoms with van der Waals surface area (Å²) in [5.41, 5.74) is 2.28. The van der Waals surface area contributed by atoms with E-state index in [1.807, 2.05) is 77.2 Å². The first kappa shape index (κ1) is 62.2. The lowest BCUT2D eigenvalue weighted by molar-refractivity contribution is -0.148. The van der Waals surface area contributed by atoms with Gasteiger partial charge in [-0.1, -0.05) is 96.3 Å². The van der Waals surface area contributed by atoms with E-state index >= 15 is 0 Å². The molecule has 1 aliphatic carbocycles. The largest absolute Gasteiger partial charge is 0.379 e. The minimum Gasteiger partial charge on any atom is -0.379 e. The first-order valence-electron chi connectivity index (χ1n) is 28.8. The lowest BCUT2D eigenvalue weighted by Gasteiger charge is -2.41. The van der Waals surface area contributed by atoms with Crippen LogP contribution in [0.5, 0.6) is 0 Å². The fourth-order valence-electron chi connectivity index (χ4n) is 12.2. The van der Waals surface area contributed by atoms with Crippen molar-refractivity contribution in [3.63, 3.8) is 0 Å². The molecule has 2 aromatic rings. The van der Waals surface area contributed by atoms with Crippen molar-refractivity contribution in [3.05, 3.63) is 77.9 Å². The van der Waals surface area contributed by atoms with E-state index in [1.165, 1.54) is 24.2 Å². The second kappa shape index (κ2) is 30.0. The maximum atomic E-state index is 14.6. The number of benzene rings is 2. The van der Waals surface area contributed by atoms with Crippen molar-refractivity contribution in [3.8, 4) is 0 Å². The number of hydrogen-bond acceptors (Lipinski definition) is 12. The first-order chi connectivity index (χ1) is 37.9. The van der Waals surface area contributed by atoms with E-state index in [9.17, 15) is 38.4 Å². The Balaban J connectivity index is 1.01. The molecule has 0 aromatic heterocycles. The zero-order valence-corrected chi connectivity index (χ0v) is 48.2. The number of anilines is 1. The van der Waals surface area contributed by atoms with Crippen LogP contribution in [0.15, 0.2) is 66.7 Å². The molecule has 3 fully saturated rings. The van der Waals surface area contributed by atoms with Gasteiger partial charge in [-0.3, -0.25) is 48.2 Å². The Labute approximate surface area is 468 Å². The minimum absolute atomic E-state index is 0.0161. The van der Waals surface area contributed by atoms with E-state index in [4.69, 9.17) is 9.47 Å². The standard InChI is InChI=1S/C60H89N9O10/c1-10-39(4)54(67(7)60(77)53(38(2)3)65-59(76)55-43-24-27-45(34-43)66(55)6)48(78-8)35-52(73)68-32-18-21-47(68)56(79-9)40(5)57(74)64-46(33-41-19-14-13-15-20-41)58(75)63-44-25-22-42(23-26-44)36-61-37-49(70)62-30-16-11-12-17-31-69-50(71)28-29-51(69)72/h13-15,19-20,22-23,25-26,28-29,38-40,43,45-48,53-56,61H,10-12,16-18,21,24,27,30-37H2,1-9H3,(H,62,70)(H,63,75)(H,64,74)(H,65,76)/t39-,40+,43-,45+,46-,47-,48+,53-,54-,55-,56+/m0/s1. The number of hydrogen-bond donors (Lipinski definition) is 5. The number of rotatable bonds is 31. The molecule has 5 N–H and O–H groups in total. The molecule has 1 saturated carbocycles. The number of fused-ring (bicyclic) bond motifs is 2. The molecule has 3 heterocycles. The Morgan fingerprint density at radius 2 is 1.51 bits per heavy atom. The fourth-order valence-corrected chi connectivity index (χ4v) is 12.2.